The molecule has 0 atom stereocenters. The second-order valence-corrected chi connectivity index (χ2v) is 7.30. The number of halogens is 1. The Morgan fingerprint density at radius 3 is 2.91 bits per heavy atom. The molecule has 7 heteroatoms. The van der Waals surface area contributed by atoms with E-state index in [9.17, 15) is 4.79 Å². The SMILES string of the molecule is CC(C)c1nc2c(n1C)CCN(C(=O)Nc1ccsc1Cl)C2. The lowest BCUT2D eigenvalue weighted by molar-refractivity contribution is 0.205. The van der Waals surface area contributed by atoms with E-state index in [0.29, 0.717) is 29.0 Å². The zero-order chi connectivity index (χ0) is 15.9. The predicted octanol–water partition coefficient (Wildman–Crippen LogP) is 3.85. The van der Waals surface area contributed by atoms with Crippen molar-refractivity contribution in [1.82, 2.24) is 14.5 Å². The molecule has 118 valence electrons. The summed E-state index contributed by atoms with van der Waals surface area (Å²) in [6.45, 7) is 5.51. The molecule has 0 aliphatic carbocycles. The van der Waals surface area contributed by atoms with Gasteiger partial charge < -0.3 is 14.8 Å². The highest BCUT2D eigenvalue weighted by Crippen LogP contribution is 2.29. The molecule has 1 N–H and O–H groups in total. The minimum Gasteiger partial charge on any atom is -0.334 e. The highest BCUT2D eigenvalue weighted by molar-refractivity contribution is 7.15. The summed E-state index contributed by atoms with van der Waals surface area (Å²) in [4.78, 5) is 18.9. The van der Waals surface area contributed by atoms with Crippen molar-refractivity contribution in [2.75, 3.05) is 11.9 Å². The van der Waals surface area contributed by atoms with Gasteiger partial charge in [0.2, 0.25) is 0 Å². The number of rotatable bonds is 2. The fourth-order valence-corrected chi connectivity index (χ4v) is 3.65. The third-order valence-electron chi connectivity index (χ3n) is 3.95. The number of fused-ring (bicyclic) bond motifs is 1. The molecule has 2 aromatic heterocycles. The third-order valence-corrected chi connectivity index (χ3v) is 5.12. The van der Waals surface area contributed by atoms with E-state index >= 15 is 0 Å². The Balaban J connectivity index is 1.75. The van der Waals surface area contributed by atoms with Crippen molar-refractivity contribution in [2.24, 2.45) is 7.05 Å². The van der Waals surface area contributed by atoms with Gasteiger partial charge in [-0.15, -0.1) is 11.3 Å². The number of hydrogen-bond acceptors (Lipinski definition) is 3. The topological polar surface area (TPSA) is 50.2 Å². The molecule has 0 radical (unpaired) electrons. The summed E-state index contributed by atoms with van der Waals surface area (Å²) in [5.74, 6) is 1.45. The maximum atomic E-state index is 12.4. The summed E-state index contributed by atoms with van der Waals surface area (Å²) in [6.07, 6.45) is 0.830. The summed E-state index contributed by atoms with van der Waals surface area (Å²) in [7, 11) is 2.06. The summed E-state index contributed by atoms with van der Waals surface area (Å²) in [6, 6.07) is 1.69. The van der Waals surface area contributed by atoms with E-state index in [1.54, 1.807) is 4.90 Å². The molecule has 3 rings (SSSR count). The fourth-order valence-electron chi connectivity index (χ4n) is 2.81. The molecular formula is C15H19ClN4OS. The zero-order valence-corrected chi connectivity index (χ0v) is 14.5. The van der Waals surface area contributed by atoms with Gasteiger partial charge in [0, 0.05) is 31.6 Å². The van der Waals surface area contributed by atoms with Crippen molar-refractivity contribution in [1.29, 1.82) is 0 Å². The van der Waals surface area contributed by atoms with Gasteiger partial charge in [-0.3, -0.25) is 0 Å². The first-order valence-electron chi connectivity index (χ1n) is 7.30. The molecule has 0 fully saturated rings. The van der Waals surface area contributed by atoms with Gasteiger partial charge in [-0.05, 0) is 11.4 Å². The van der Waals surface area contributed by atoms with Crippen molar-refractivity contribution < 1.29 is 4.79 Å². The van der Waals surface area contributed by atoms with E-state index in [2.05, 4.69) is 30.8 Å². The Bertz CT molecular complexity index is 706. The molecule has 1 aliphatic rings. The van der Waals surface area contributed by atoms with Gasteiger partial charge in [0.1, 0.15) is 10.2 Å². The molecule has 2 aromatic rings. The van der Waals surface area contributed by atoms with Crippen LogP contribution < -0.4 is 5.32 Å². The van der Waals surface area contributed by atoms with Gasteiger partial charge in [0.05, 0.1) is 17.9 Å². The number of urea groups is 1. The Hall–Kier alpha value is -1.53. The van der Waals surface area contributed by atoms with Crippen LogP contribution in [0.3, 0.4) is 0 Å². The quantitative estimate of drug-likeness (QED) is 0.904. The molecule has 0 aromatic carbocycles. The first kappa shape index (κ1) is 15.4. The highest BCUT2D eigenvalue weighted by atomic mass is 35.5. The smallest absolute Gasteiger partial charge is 0.322 e. The van der Waals surface area contributed by atoms with Crippen molar-refractivity contribution >= 4 is 34.7 Å². The van der Waals surface area contributed by atoms with Gasteiger partial charge >= 0.3 is 6.03 Å². The molecule has 1 aliphatic heterocycles. The van der Waals surface area contributed by atoms with Crippen LogP contribution in [0.4, 0.5) is 10.5 Å². The third kappa shape index (κ3) is 2.73. The molecule has 0 saturated heterocycles. The van der Waals surface area contributed by atoms with E-state index in [1.165, 1.54) is 17.0 Å². The maximum Gasteiger partial charge on any atom is 0.322 e. The normalized spacial score (nSPS) is 14.3. The molecule has 0 spiro atoms. The van der Waals surface area contributed by atoms with Crippen molar-refractivity contribution in [3.63, 3.8) is 0 Å². The fraction of sp³-hybridized carbons (Fsp3) is 0.467. The highest BCUT2D eigenvalue weighted by Gasteiger charge is 2.26. The lowest BCUT2D eigenvalue weighted by Gasteiger charge is -2.26. The summed E-state index contributed by atoms with van der Waals surface area (Å²) >= 11 is 7.44. The van der Waals surface area contributed by atoms with Gasteiger partial charge in [0.25, 0.3) is 0 Å². The van der Waals surface area contributed by atoms with Crippen LogP contribution in [0.5, 0.6) is 0 Å². The zero-order valence-electron chi connectivity index (χ0n) is 12.9. The van der Waals surface area contributed by atoms with Gasteiger partial charge in [-0.25, -0.2) is 9.78 Å². The van der Waals surface area contributed by atoms with Crippen LogP contribution in [0.15, 0.2) is 11.4 Å². The van der Waals surface area contributed by atoms with E-state index in [-0.39, 0.29) is 6.03 Å². The van der Waals surface area contributed by atoms with Gasteiger partial charge in [-0.1, -0.05) is 25.4 Å². The standard InChI is InChI=1S/C15H19ClN4OS/c1-9(2)14-17-11-8-20(6-4-12(11)19(14)3)15(21)18-10-5-7-22-13(10)16/h5,7,9H,4,6,8H2,1-3H3,(H,18,21). The first-order chi connectivity index (χ1) is 10.5. The van der Waals surface area contributed by atoms with Crippen LogP contribution in [0, 0.1) is 0 Å². The van der Waals surface area contributed by atoms with Crippen molar-refractivity contribution in [3.8, 4) is 0 Å². The molecule has 3 heterocycles. The number of nitrogens with zero attached hydrogens (tertiary/aromatic N) is 3. The number of aromatic nitrogens is 2. The Labute approximate surface area is 138 Å². The summed E-state index contributed by atoms with van der Waals surface area (Å²) in [5, 5.41) is 4.73. The lowest BCUT2D eigenvalue weighted by Crippen LogP contribution is -2.39. The molecule has 0 saturated carbocycles. The molecule has 0 bridgehead atoms. The number of hydrogen-bond donors (Lipinski definition) is 1. The van der Waals surface area contributed by atoms with E-state index in [0.717, 1.165) is 17.9 Å². The molecule has 5 nitrogen and oxygen atoms in total. The van der Waals surface area contributed by atoms with Crippen LogP contribution in [0.2, 0.25) is 4.34 Å². The number of imidazole rings is 1. The van der Waals surface area contributed by atoms with E-state index in [1.807, 2.05) is 11.4 Å². The Morgan fingerprint density at radius 2 is 2.27 bits per heavy atom. The molecule has 0 unspecified atom stereocenters. The Kier molecular flexibility index (Phi) is 4.14. The number of amides is 2. The van der Waals surface area contributed by atoms with Crippen LogP contribution >= 0.6 is 22.9 Å². The monoisotopic (exact) mass is 338 g/mol. The summed E-state index contributed by atoms with van der Waals surface area (Å²) in [5.41, 5.74) is 2.91. The predicted molar refractivity (Wildman–Crippen MR) is 89.8 cm³/mol. The van der Waals surface area contributed by atoms with E-state index < -0.39 is 0 Å². The van der Waals surface area contributed by atoms with Crippen LogP contribution in [-0.4, -0.2) is 27.0 Å². The number of anilines is 1. The van der Waals surface area contributed by atoms with Crippen LogP contribution in [-0.2, 0) is 20.0 Å². The van der Waals surface area contributed by atoms with Gasteiger partial charge in [0.15, 0.2) is 0 Å². The molecule has 22 heavy (non-hydrogen) atoms. The van der Waals surface area contributed by atoms with Gasteiger partial charge in [-0.2, -0.15) is 0 Å². The molecule has 2 amide bonds. The first-order valence-corrected chi connectivity index (χ1v) is 8.56. The number of thiophene rings is 1. The Morgan fingerprint density at radius 1 is 1.50 bits per heavy atom. The van der Waals surface area contributed by atoms with Crippen molar-refractivity contribution in [3.05, 3.63) is 33.0 Å². The minimum atomic E-state index is -0.122. The maximum absolute atomic E-state index is 12.4. The largest absolute Gasteiger partial charge is 0.334 e. The van der Waals surface area contributed by atoms with Crippen molar-refractivity contribution in [2.45, 2.75) is 32.7 Å². The average molecular weight is 339 g/mol. The lowest BCUT2D eigenvalue weighted by atomic mass is 10.1. The van der Waals surface area contributed by atoms with Crippen LogP contribution in [0.25, 0.3) is 0 Å². The van der Waals surface area contributed by atoms with Crippen LogP contribution in [0.1, 0.15) is 37.0 Å². The number of carbonyl (C=O) groups is 1. The minimum absolute atomic E-state index is 0.122. The average Bonchev–Trinajstić information content (AvgIpc) is 3.03. The summed E-state index contributed by atoms with van der Waals surface area (Å²) < 4.78 is 2.77. The number of nitrogens with one attached hydrogen (secondary N) is 1. The number of carbonyl (C=O) groups excluding carboxylic acids is 1. The second kappa shape index (κ2) is 5.93. The molecular weight excluding hydrogens is 320 g/mol. The van der Waals surface area contributed by atoms with E-state index in [4.69, 9.17) is 16.6 Å². The second-order valence-electron chi connectivity index (χ2n) is 5.79.